The van der Waals surface area contributed by atoms with Crippen LogP contribution in [-0.4, -0.2) is 32.0 Å². The van der Waals surface area contributed by atoms with Crippen LogP contribution in [0.15, 0.2) is 12.1 Å². The largest absolute Gasteiger partial charge is 0.493 e. The molecular formula is C16H21NO4. The first kappa shape index (κ1) is 15.4. The highest BCUT2D eigenvalue weighted by Crippen LogP contribution is 2.43. The average molecular weight is 291 g/mol. The van der Waals surface area contributed by atoms with E-state index in [1.807, 2.05) is 20.8 Å². The van der Waals surface area contributed by atoms with Crippen LogP contribution >= 0.6 is 0 Å². The van der Waals surface area contributed by atoms with Crippen LogP contribution in [0.5, 0.6) is 11.5 Å². The molecule has 0 N–H and O–H groups in total. The summed E-state index contributed by atoms with van der Waals surface area (Å²) in [5, 5.41) is 0. The van der Waals surface area contributed by atoms with Crippen LogP contribution in [-0.2, 0) is 4.79 Å². The topological polar surface area (TPSA) is 55.8 Å². The summed E-state index contributed by atoms with van der Waals surface area (Å²) in [6, 6.07) is 3.30. The van der Waals surface area contributed by atoms with Crippen molar-refractivity contribution in [2.45, 2.75) is 33.3 Å². The predicted molar refractivity (Wildman–Crippen MR) is 80.3 cm³/mol. The third-order valence-electron chi connectivity index (χ3n) is 3.42. The molecule has 1 aromatic carbocycles. The van der Waals surface area contributed by atoms with E-state index in [2.05, 4.69) is 0 Å². The highest BCUT2D eigenvalue weighted by atomic mass is 16.5. The van der Waals surface area contributed by atoms with E-state index in [9.17, 15) is 9.59 Å². The van der Waals surface area contributed by atoms with E-state index in [0.29, 0.717) is 41.6 Å². The van der Waals surface area contributed by atoms with Crippen molar-refractivity contribution >= 4 is 17.9 Å². The third-order valence-corrected chi connectivity index (χ3v) is 3.42. The summed E-state index contributed by atoms with van der Waals surface area (Å²) in [6.07, 6.45) is 0.824. The molecule has 0 spiro atoms. The molecule has 1 amide bonds. The summed E-state index contributed by atoms with van der Waals surface area (Å²) in [6.45, 7) is 6.58. The van der Waals surface area contributed by atoms with Crippen LogP contribution in [0.3, 0.4) is 0 Å². The second-order valence-electron chi connectivity index (χ2n) is 5.55. The van der Waals surface area contributed by atoms with Gasteiger partial charge in [0.2, 0.25) is 0 Å². The van der Waals surface area contributed by atoms with E-state index in [0.717, 1.165) is 6.29 Å². The van der Waals surface area contributed by atoms with Crippen LogP contribution in [0.4, 0.5) is 5.69 Å². The van der Waals surface area contributed by atoms with E-state index >= 15 is 0 Å². The monoisotopic (exact) mass is 291 g/mol. The summed E-state index contributed by atoms with van der Waals surface area (Å²) in [5.74, 6) is 1.26. The molecule has 1 atom stereocenters. The molecular weight excluding hydrogens is 270 g/mol. The van der Waals surface area contributed by atoms with Gasteiger partial charge in [-0.2, -0.15) is 0 Å². The third kappa shape index (κ3) is 2.86. The number of benzene rings is 1. The Kier molecular flexibility index (Phi) is 4.50. The molecule has 0 saturated heterocycles. The quantitative estimate of drug-likeness (QED) is 0.783. The summed E-state index contributed by atoms with van der Waals surface area (Å²) >= 11 is 0. The van der Waals surface area contributed by atoms with Crippen molar-refractivity contribution in [3.8, 4) is 11.5 Å². The fourth-order valence-electron chi connectivity index (χ4n) is 2.44. The van der Waals surface area contributed by atoms with Gasteiger partial charge in [-0.05, 0) is 24.5 Å². The number of hydrogen-bond donors (Lipinski definition) is 0. The number of amides is 1. The van der Waals surface area contributed by atoms with Gasteiger partial charge >= 0.3 is 0 Å². The molecule has 1 aliphatic rings. The lowest BCUT2D eigenvalue weighted by molar-refractivity contribution is -0.126. The zero-order valence-corrected chi connectivity index (χ0v) is 12.9. The lowest BCUT2D eigenvalue weighted by atomic mass is 10.1. The SMILES string of the molecule is CCC1Oc2c(OC)cc(C=O)cc2N(CC(C)C)C1=O. The van der Waals surface area contributed by atoms with Gasteiger partial charge in [0.15, 0.2) is 17.6 Å². The van der Waals surface area contributed by atoms with Gasteiger partial charge in [-0.3, -0.25) is 9.59 Å². The van der Waals surface area contributed by atoms with Gasteiger partial charge in [0, 0.05) is 12.1 Å². The first-order valence-corrected chi connectivity index (χ1v) is 7.17. The molecule has 0 radical (unpaired) electrons. The van der Waals surface area contributed by atoms with Gasteiger partial charge < -0.3 is 14.4 Å². The van der Waals surface area contributed by atoms with Gasteiger partial charge in [-0.15, -0.1) is 0 Å². The molecule has 0 aliphatic carbocycles. The van der Waals surface area contributed by atoms with Crippen molar-refractivity contribution in [2.75, 3.05) is 18.6 Å². The Morgan fingerprint density at radius 3 is 2.67 bits per heavy atom. The van der Waals surface area contributed by atoms with Gasteiger partial charge in [0.25, 0.3) is 5.91 Å². The summed E-state index contributed by atoms with van der Waals surface area (Å²) in [5.41, 5.74) is 1.07. The van der Waals surface area contributed by atoms with Gasteiger partial charge in [0.1, 0.15) is 6.29 Å². The molecule has 1 aromatic rings. The summed E-state index contributed by atoms with van der Waals surface area (Å²) < 4.78 is 11.1. The molecule has 114 valence electrons. The molecule has 1 aliphatic heterocycles. The zero-order valence-electron chi connectivity index (χ0n) is 12.9. The maximum absolute atomic E-state index is 12.5. The zero-order chi connectivity index (χ0) is 15.6. The number of anilines is 1. The normalized spacial score (nSPS) is 17.5. The Morgan fingerprint density at radius 1 is 1.43 bits per heavy atom. The molecule has 5 heteroatoms. The minimum absolute atomic E-state index is 0.0659. The Bertz CT molecular complexity index is 553. The molecule has 1 heterocycles. The van der Waals surface area contributed by atoms with E-state index < -0.39 is 6.10 Å². The fourth-order valence-corrected chi connectivity index (χ4v) is 2.44. The second-order valence-corrected chi connectivity index (χ2v) is 5.55. The Balaban J connectivity index is 2.58. The smallest absolute Gasteiger partial charge is 0.268 e. The lowest BCUT2D eigenvalue weighted by Gasteiger charge is -2.35. The molecule has 0 saturated carbocycles. The molecule has 0 fully saturated rings. The predicted octanol–water partition coefficient (Wildman–Crippen LogP) is 2.67. The second kappa shape index (κ2) is 6.16. The van der Waals surface area contributed by atoms with Crippen LogP contribution in [0.2, 0.25) is 0 Å². The fraction of sp³-hybridized carbons (Fsp3) is 0.500. The number of carbonyl (C=O) groups is 2. The molecule has 0 bridgehead atoms. The standard InChI is InChI=1S/C16H21NO4/c1-5-13-16(19)17(8-10(2)3)12-6-11(9-18)7-14(20-4)15(12)21-13/h6-7,9-10,13H,5,8H2,1-4H3. The van der Waals surface area contributed by atoms with Crippen molar-refractivity contribution in [2.24, 2.45) is 5.92 Å². The number of rotatable bonds is 5. The number of nitrogens with zero attached hydrogens (tertiary/aromatic N) is 1. The van der Waals surface area contributed by atoms with Crippen molar-refractivity contribution in [1.29, 1.82) is 0 Å². The minimum atomic E-state index is -0.507. The highest BCUT2D eigenvalue weighted by Gasteiger charge is 2.35. The van der Waals surface area contributed by atoms with Gasteiger partial charge in [-0.1, -0.05) is 20.8 Å². The lowest BCUT2D eigenvalue weighted by Crippen LogP contribution is -2.47. The molecule has 21 heavy (non-hydrogen) atoms. The maximum atomic E-state index is 12.5. The van der Waals surface area contributed by atoms with Crippen molar-refractivity contribution in [3.63, 3.8) is 0 Å². The molecule has 5 nitrogen and oxygen atoms in total. The molecule has 2 rings (SSSR count). The summed E-state index contributed by atoms with van der Waals surface area (Å²) in [7, 11) is 1.53. The number of fused-ring (bicyclic) bond motifs is 1. The average Bonchev–Trinajstić information content (AvgIpc) is 2.48. The highest BCUT2D eigenvalue weighted by molar-refractivity contribution is 6.01. The minimum Gasteiger partial charge on any atom is -0.493 e. The first-order valence-electron chi connectivity index (χ1n) is 7.17. The van der Waals surface area contributed by atoms with E-state index in [1.165, 1.54) is 7.11 Å². The van der Waals surface area contributed by atoms with Crippen molar-refractivity contribution in [1.82, 2.24) is 0 Å². The number of methoxy groups -OCH3 is 1. The molecule has 0 aromatic heterocycles. The summed E-state index contributed by atoms with van der Waals surface area (Å²) in [4.78, 5) is 25.3. The number of ether oxygens (including phenoxy) is 2. The first-order chi connectivity index (χ1) is 10.0. The van der Waals surface area contributed by atoms with E-state index in [-0.39, 0.29) is 5.91 Å². The molecule has 1 unspecified atom stereocenters. The van der Waals surface area contributed by atoms with Crippen LogP contribution in [0.25, 0.3) is 0 Å². The van der Waals surface area contributed by atoms with Crippen molar-refractivity contribution < 1.29 is 19.1 Å². The number of hydrogen-bond acceptors (Lipinski definition) is 4. The Hall–Kier alpha value is -2.04. The van der Waals surface area contributed by atoms with Gasteiger partial charge in [0.05, 0.1) is 12.8 Å². The van der Waals surface area contributed by atoms with Crippen molar-refractivity contribution in [3.05, 3.63) is 17.7 Å². The number of carbonyl (C=O) groups excluding carboxylic acids is 2. The van der Waals surface area contributed by atoms with E-state index in [1.54, 1.807) is 17.0 Å². The van der Waals surface area contributed by atoms with Crippen LogP contribution in [0.1, 0.15) is 37.6 Å². The Labute approximate surface area is 124 Å². The maximum Gasteiger partial charge on any atom is 0.268 e. The number of aldehydes is 1. The van der Waals surface area contributed by atoms with Crippen LogP contribution < -0.4 is 14.4 Å². The van der Waals surface area contributed by atoms with Crippen LogP contribution in [0, 0.1) is 5.92 Å². The van der Waals surface area contributed by atoms with E-state index in [4.69, 9.17) is 9.47 Å². The van der Waals surface area contributed by atoms with Gasteiger partial charge in [-0.25, -0.2) is 0 Å². The Morgan fingerprint density at radius 2 is 2.14 bits per heavy atom.